The number of pyridine rings is 1. The Morgan fingerprint density at radius 2 is 2.35 bits per heavy atom. The molecule has 2 heterocycles. The van der Waals surface area contributed by atoms with Crippen LogP contribution in [-0.4, -0.2) is 35.9 Å². The molecule has 5 heteroatoms. The predicted octanol–water partition coefficient (Wildman–Crippen LogP) is 1.86. The number of nitrogens with two attached hydrogens (primary N) is 1. The summed E-state index contributed by atoms with van der Waals surface area (Å²) in [5.41, 5.74) is 6.48. The van der Waals surface area contributed by atoms with Gasteiger partial charge >= 0.3 is 0 Å². The lowest BCUT2D eigenvalue weighted by atomic mass is 10.1. The Morgan fingerprint density at radius 1 is 1.47 bits per heavy atom. The smallest absolute Gasteiger partial charge is 0.134 e. The van der Waals surface area contributed by atoms with Crippen LogP contribution in [0.3, 0.4) is 0 Å². The summed E-state index contributed by atoms with van der Waals surface area (Å²) in [7, 11) is 0. The Bertz CT molecular complexity index is 394. The van der Waals surface area contributed by atoms with Gasteiger partial charge in [0.25, 0.3) is 0 Å². The molecular weight excluding hydrogens is 236 g/mol. The van der Waals surface area contributed by atoms with Crippen LogP contribution < -0.4 is 5.73 Å². The largest absolute Gasteiger partial charge is 0.360 e. The average molecular weight is 253 g/mol. The van der Waals surface area contributed by atoms with Crippen molar-refractivity contribution in [1.82, 2.24) is 9.88 Å². The molecule has 0 amide bonds. The van der Waals surface area contributed by atoms with Crippen LogP contribution in [-0.2, 0) is 0 Å². The Labute approximate surface area is 106 Å². The average Bonchev–Trinajstić information content (AvgIpc) is 2.79. The first-order chi connectivity index (χ1) is 8.31. The molecule has 92 valence electrons. The van der Waals surface area contributed by atoms with Gasteiger partial charge in [-0.1, -0.05) is 17.7 Å². The summed E-state index contributed by atoms with van der Waals surface area (Å²) in [6, 6.07) is 4.00. The first-order valence-electron chi connectivity index (χ1n) is 5.89. The second-order valence-electron chi connectivity index (χ2n) is 4.15. The minimum Gasteiger partial charge on any atom is -0.360 e. The van der Waals surface area contributed by atoms with Gasteiger partial charge in [-0.3, -0.25) is 4.99 Å². The van der Waals surface area contributed by atoms with Crippen LogP contribution in [0.5, 0.6) is 0 Å². The molecule has 0 radical (unpaired) electrons. The van der Waals surface area contributed by atoms with Gasteiger partial charge in [0.15, 0.2) is 0 Å². The summed E-state index contributed by atoms with van der Waals surface area (Å²) < 4.78 is 0. The van der Waals surface area contributed by atoms with E-state index in [-0.39, 0.29) is 6.04 Å². The van der Waals surface area contributed by atoms with Crippen molar-refractivity contribution in [3.8, 4) is 0 Å². The highest BCUT2D eigenvalue weighted by Gasteiger charge is 2.20. The highest BCUT2D eigenvalue weighted by molar-refractivity contribution is 6.30. The third kappa shape index (κ3) is 3.17. The molecule has 0 aromatic carbocycles. The maximum Gasteiger partial charge on any atom is 0.134 e. The molecule has 0 fully saturated rings. The van der Waals surface area contributed by atoms with Crippen LogP contribution in [0.4, 0.5) is 0 Å². The fourth-order valence-corrected chi connectivity index (χ4v) is 2.17. The van der Waals surface area contributed by atoms with Crippen LogP contribution in [0.2, 0.25) is 5.15 Å². The van der Waals surface area contributed by atoms with Crippen LogP contribution in [0.1, 0.15) is 24.4 Å². The first-order valence-corrected chi connectivity index (χ1v) is 6.27. The Balaban J connectivity index is 1.90. The van der Waals surface area contributed by atoms with Crippen molar-refractivity contribution in [2.24, 2.45) is 10.7 Å². The summed E-state index contributed by atoms with van der Waals surface area (Å²) in [6.45, 7) is 2.65. The molecule has 2 rings (SSSR count). The normalized spacial score (nSPS) is 18.9. The van der Waals surface area contributed by atoms with Crippen LogP contribution >= 0.6 is 11.6 Å². The molecule has 1 aromatic rings. The van der Waals surface area contributed by atoms with Gasteiger partial charge in [0.2, 0.25) is 0 Å². The van der Waals surface area contributed by atoms with Crippen molar-refractivity contribution < 1.29 is 0 Å². The van der Waals surface area contributed by atoms with E-state index in [1.165, 1.54) is 0 Å². The SMILES string of the molecule is NCCCCN1C=NC(c2cccnc2Cl)C1. The van der Waals surface area contributed by atoms with Gasteiger partial charge in [-0.15, -0.1) is 0 Å². The number of halogens is 1. The zero-order valence-electron chi connectivity index (χ0n) is 9.72. The van der Waals surface area contributed by atoms with Crippen LogP contribution in [0.15, 0.2) is 23.3 Å². The van der Waals surface area contributed by atoms with E-state index in [1.54, 1.807) is 6.20 Å². The summed E-state index contributed by atoms with van der Waals surface area (Å²) in [6.07, 6.45) is 5.77. The highest BCUT2D eigenvalue weighted by atomic mass is 35.5. The number of nitrogens with zero attached hydrogens (tertiary/aromatic N) is 3. The highest BCUT2D eigenvalue weighted by Crippen LogP contribution is 2.27. The van der Waals surface area contributed by atoms with E-state index in [2.05, 4.69) is 14.9 Å². The minimum absolute atomic E-state index is 0.120. The van der Waals surface area contributed by atoms with Gasteiger partial charge < -0.3 is 10.6 Å². The molecule has 0 bridgehead atoms. The van der Waals surface area contributed by atoms with E-state index >= 15 is 0 Å². The molecule has 0 saturated heterocycles. The van der Waals surface area contributed by atoms with Gasteiger partial charge in [0.05, 0.1) is 12.4 Å². The molecule has 0 aliphatic carbocycles. The van der Waals surface area contributed by atoms with Crippen molar-refractivity contribution in [1.29, 1.82) is 0 Å². The third-order valence-corrected chi connectivity index (χ3v) is 3.18. The number of aromatic nitrogens is 1. The molecule has 0 saturated carbocycles. The number of rotatable bonds is 5. The number of aliphatic imine (C=N–C) groups is 1. The van der Waals surface area contributed by atoms with Crippen molar-refractivity contribution in [2.75, 3.05) is 19.6 Å². The van der Waals surface area contributed by atoms with E-state index in [0.29, 0.717) is 5.15 Å². The maximum atomic E-state index is 6.06. The molecule has 0 spiro atoms. The molecule has 1 aromatic heterocycles. The zero-order chi connectivity index (χ0) is 12.1. The van der Waals surface area contributed by atoms with E-state index < -0.39 is 0 Å². The summed E-state index contributed by atoms with van der Waals surface area (Å²) in [5, 5.41) is 0.554. The number of unbranched alkanes of at least 4 members (excludes halogenated alkanes) is 1. The van der Waals surface area contributed by atoms with E-state index in [0.717, 1.165) is 38.0 Å². The third-order valence-electron chi connectivity index (χ3n) is 2.86. The van der Waals surface area contributed by atoms with Crippen molar-refractivity contribution in [2.45, 2.75) is 18.9 Å². The lowest BCUT2D eigenvalue weighted by Gasteiger charge is -2.16. The van der Waals surface area contributed by atoms with Gasteiger partial charge in [0.1, 0.15) is 5.15 Å². The molecular formula is C12H17ClN4. The van der Waals surface area contributed by atoms with Gasteiger partial charge in [-0.05, 0) is 25.5 Å². The topological polar surface area (TPSA) is 54.5 Å². The number of hydrogen-bond acceptors (Lipinski definition) is 4. The Kier molecular flexibility index (Phi) is 4.34. The number of hydrogen-bond donors (Lipinski definition) is 1. The second-order valence-corrected chi connectivity index (χ2v) is 4.51. The summed E-state index contributed by atoms with van der Waals surface area (Å²) in [5.74, 6) is 0. The Morgan fingerprint density at radius 3 is 3.12 bits per heavy atom. The molecule has 1 atom stereocenters. The summed E-state index contributed by atoms with van der Waals surface area (Å²) >= 11 is 6.06. The molecule has 1 aliphatic rings. The van der Waals surface area contributed by atoms with E-state index in [1.807, 2.05) is 18.5 Å². The fraction of sp³-hybridized carbons (Fsp3) is 0.500. The molecule has 2 N–H and O–H groups in total. The lowest BCUT2D eigenvalue weighted by molar-refractivity contribution is 0.421. The predicted molar refractivity (Wildman–Crippen MR) is 70.3 cm³/mol. The molecule has 1 aliphatic heterocycles. The molecule has 1 unspecified atom stereocenters. The molecule has 17 heavy (non-hydrogen) atoms. The maximum absolute atomic E-state index is 6.06. The first kappa shape index (κ1) is 12.3. The van der Waals surface area contributed by atoms with Crippen molar-refractivity contribution >= 4 is 17.9 Å². The second kappa shape index (κ2) is 5.98. The van der Waals surface area contributed by atoms with Crippen LogP contribution in [0.25, 0.3) is 0 Å². The lowest BCUT2D eigenvalue weighted by Crippen LogP contribution is -2.22. The monoisotopic (exact) mass is 252 g/mol. The minimum atomic E-state index is 0.120. The van der Waals surface area contributed by atoms with Crippen LogP contribution in [0, 0.1) is 0 Å². The Hall–Kier alpha value is -1.13. The molecule has 4 nitrogen and oxygen atoms in total. The van der Waals surface area contributed by atoms with Gasteiger partial charge in [-0.25, -0.2) is 4.98 Å². The van der Waals surface area contributed by atoms with E-state index in [4.69, 9.17) is 17.3 Å². The zero-order valence-corrected chi connectivity index (χ0v) is 10.5. The van der Waals surface area contributed by atoms with Gasteiger partial charge in [0, 0.05) is 24.8 Å². The fourth-order valence-electron chi connectivity index (χ4n) is 1.93. The van der Waals surface area contributed by atoms with Gasteiger partial charge in [-0.2, -0.15) is 0 Å². The quantitative estimate of drug-likeness (QED) is 0.643. The van der Waals surface area contributed by atoms with Crippen molar-refractivity contribution in [3.63, 3.8) is 0 Å². The summed E-state index contributed by atoms with van der Waals surface area (Å²) in [4.78, 5) is 10.8. The standard InChI is InChI=1S/C12H17ClN4/c13-12-10(4-3-6-15-12)11-8-17(9-16-11)7-2-1-5-14/h3-4,6,9,11H,1-2,5,7-8,14H2. The van der Waals surface area contributed by atoms with Crippen molar-refractivity contribution in [3.05, 3.63) is 29.0 Å². The van der Waals surface area contributed by atoms with E-state index in [9.17, 15) is 0 Å².